The molecule has 1 saturated heterocycles. The summed E-state index contributed by atoms with van der Waals surface area (Å²) in [6, 6.07) is 30.6. The van der Waals surface area contributed by atoms with Gasteiger partial charge in [0.15, 0.2) is 6.10 Å². The molecular formula is C32H36O5. The van der Waals surface area contributed by atoms with Crippen molar-refractivity contribution in [3.63, 3.8) is 0 Å². The Balaban J connectivity index is 1.37. The number of hydrogen-bond acceptors (Lipinski definition) is 5. The average molecular weight is 501 g/mol. The molecule has 2 aliphatic heterocycles. The molecular weight excluding hydrogens is 464 g/mol. The summed E-state index contributed by atoms with van der Waals surface area (Å²) in [5.74, 6) is 0.839. The van der Waals surface area contributed by atoms with E-state index in [-0.39, 0.29) is 24.4 Å². The van der Waals surface area contributed by atoms with Gasteiger partial charge in [-0.2, -0.15) is 0 Å². The van der Waals surface area contributed by atoms with Crippen LogP contribution in [0.1, 0.15) is 36.0 Å². The summed E-state index contributed by atoms with van der Waals surface area (Å²) in [7, 11) is 0. The Morgan fingerprint density at radius 2 is 1.22 bits per heavy atom. The molecule has 0 aromatic heterocycles. The smallest absolute Gasteiger partial charge is 0.150 e. The lowest BCUT2D eigenvalue weighted by Gasteiger charge is -2.44. The lowest BCUT2D eigenvalue weighted by Crippen LogP contribution is -2.56. The third-order valence-electron chi connectivity index (χ3n) is 6.76. The number of ether oxygens (including phenoxy) is 5. The highest BCUT2D eigenvalue weighted by Gasteiger charge is 2.46. The van der Waals surface area contributed by atoms with E-state index in [1.807, 2.05) is 54.6 Å². The van der Waals surface area contributed by atoms with Crippen molar-refractivity contribution in [2.75, 3.05) is 13.2 Å². The molecule has 1 fully saturated rings. The van der Waals surface area contributed by atoms with Gasteiger partial charge in [0, 0.05) is 6.61 Å². The molecule has 5 rings (SSSR count). The van der Waals surface area contributed by atoms with Crippen molar-refractivity contribution in [2.45, 2.75) is 63.5 Å². The van der Waals surface area contributed by atoms with Gasteiger partial charge in [-0.1, -0.05) is 91.0 Å². The van der Waals surface area contributed by atoms with Crippen molar-refractivity contribution in [1.82, 2.24) is 0 Å². The molecule has 0 unspecified atom stereocenters. The molecule has 3 aromatic rings. The second-order valence-electron chi connectivity index (χ2n) is 9.57. The van der Waals surface area contributed by atoms with Gasteiger partial charge in [0.05, 0.1) is 26.4 Å². The molecule has 0 radical (unpaired) electrons. The molecule has 0 spiro atoms. The van der Waals surface area contributed by atoms with Crippen LogP contribution in [0.3, 0.4) is 0 Å². The first kappa shape index (κ1) is 25.7. The Kier molecular flexibility index (Phi) is 9.40. The Labute approximate surface area is 220 Å². The zero-order valence-corrected chi connectivity index (χ0v) is 21.2. The van der Waals surface area contributed by atoms with Gasteiger partial charge >= 0.3 is 0 Å². The van der Waals surface area contributed by atoms with Gasteiger partial charge in [0.1, 0.15) is 24.1 Å². The van der Waals surface area contributed by atoms with Gasteiger partial charge in [0.25, 0.3) is 0 Å². The van der Waals surface area contributed by atoms with Crippen LogP contribution < -0.4 is 0 Å². The predicted octanol–water partition coefficient (Wildman–Crippen LogP) is 6.23. The third kappa shape index (κ3) is 7.30. The topological polar surface area (TPSA) is 46.2 Å². The quantitative estimate of drug-likeness (QED) is 0.330. The highest BCUT2D eigenvalue weighted by Crippen LogP contribution is 2.33. The first-order valence-electron chi connectivity index (χ1n) is 13.3. The molecule has 4 atom stereocenters. The number of allylic oxidation sites excluding steroid dienone is 1. The Bertz CT molecular complexity index is 1090. The fourth-order valence-electron chi connectivity index (χ4n) is 4.81. The SMILES string of the molecule is C1=C2/O[C@H](COCc3ccccc3)[C@@H](OCc3ccccc3)[C@H](OCc3ccccc3)[C@H]2OCCCC/1. The van der Waals surface area contributed by atoms with Crippen LogP contribution in [0.15, 0.2) is 103 Å². The minimum Gasteiger partial charge on any atom is -0.487 e. The zero-order valence-electron chi connectivity index (χ0n) is 21.2. The molecule has 3 aromatic carbocycles. The van der Waals surface area contributed by atoms with Gasteiger partial charge < -0.3 is 23.7 Å². The van der Waals surface area contributed by atoms with Crippen LogP contribution in [-0.4, -0.2) is 37.6 Å². The van der Waals surface area contributed by atoms with Gasteiger partial charge in [-0.25, -0.2) is 0 Å². The van der Waals surface area contributed by atoms with Crippen LogP contribution >= 0.6 is 0 Å². The first-order valence-corrected chi connectivity index (χ1v) is 13.3. The molecule has 2 heterocycles. The highest BCUT2D eigenvalue weighted by molar-refractivity contribution is 5.17. The van der Waals surface area contributed by atoms with E-state index < -0.39 is 0 Å². The van der Waals surface area contributed by atoms with Crippen LogP contribution in [0.2, 0.25) is 0 Å². The molecule has 0 N–H and O–H groups in total. The van der Waals surface area contributed by atoms with E-state index >= 15 is 0 Å². The molecule has 194 valence electrons. The minimum absolute atomic E-state index is 0.310. The average Bonchev–Trinajstić information content (AvgIpc) is 2.93. The number of fused-ring (bicyclic) bond motifs is 1. The number of benzene rings is 3. The summed E-state index contributed by atoms with van der Waals surface area (Å²) in [5.41, 5.74) is 3.35. The van der Waals surface area contributed by atoms with Crippen molar-refractivity contribution in [3.05, 3.63) is 120 Å². The first-order chi connectivity index (χ1) is 18.4. The van der Waals surface area contributed by atoms with Crippen molar-refractivity contribution in [3.8, 4) is 0 Å². The monoisotopic (exact) mass is 500 g/mol. The fourth-order valence-corrected chi connectivity index (χ4v) is 4.81. The Hall–Kier alpha value is -2.96. The van der Waals surface area contributed by atoms with Crippen LogP contribution in [0.25, 0.3) is 0 Å². The van der Waals surface area contributed by atoms with Gasteiger partial charge in [-0.05, 0) is 42.0 Å². The summed E-state index contributed by atoms with van der Waals surface area (Å²) in [6.45, 7) is 2.52. The van der Waals surface area contributed by atoms with Gasteiger partial charge in [-0.15, -0.1) is 0 Å². The largest absolute Gasteiger partial charge is 0.487 e. The molecule has 0 saturated carbocycles. The van der Waals surface area contributed by atoms with E-state index in [1.54, 1.807) is 0 Å². The maximum absolute atomic E-state index is 6.60. The molecule has 5 nitrogen and oxygen atoms in total. The molecule has 0 bridgehead atoms. The maximum atomic E-state index is 6.60. The van der Waals surface area contributed by atoms with E-state index in [0.717, 1.165) is 41.7 Å². The van der Waals surface area contributed by atoms with Crippen molar-refractivity contribution < 1.29 is 23.7 Å². The highest BCUT2D eigenvalue weighted by atomic mass is 16.6. The summed E-state index contributed by atoms with van der Waals surface area (Å²) >= 11 is 0. The van der Waals surface area contributed by atoms with Crippen molar-refractivity contribution in [2.24, 2.45) is 0 Å². The maximum Gasteiger partial charge on any atom is 0.150 e. The molecule has 0 amide bonds. The van der Waals surface area contributed by atoms with E-state index in [1.165, 1.54) is 0 Å². The van der Waals surface area contributed by atoms with Crippen molar-refractivity contribution >= 4 is 0 Å². The second kappa shape index (κ2) is 13.5. The third-order valence-corrected chi connectivity index (χ3v) is 6.76. The van der Waals surface area contributed by atoms with Crippen molar-refractivity contribution in [1.29, 1.82) is 0 Å². The van der Waals surface area contributed by atoms with Crippen LogP contribution in [0.4, 0.5) is 0 Å². The second-order valence-corrected chi connectivity index (χ2v) is 9.57. The Morgan fingerprint density at radius 3 is 1.84 bits per heavy atom. The minimum atomic E-state index is -0.360. The summed E-state index contributed by atoms with van der Waals surface area (Å²) < 4.78 is 32.2. The zero-order chi connectivity index (χ0) is 25.1. The molecule has 5 heteroatoms. The standard InChI is InChI=1S/C32H36O5/c1-5-13-25(14-6-1)21-33-24-29-31(35-22-26-15-7-2-8-16-26)32(36-23-27-17-9-3-10-18-27)30-28(37-29)19-11-4-12-20-34-30/h1-3,5-10,13-19,29-32H,4,11-12,20-24H2/b28-19+/t29-,30+,31-,32-/m1/s1. The molecule has 0 aliphatic carbocycles. The van der Waals surface area contributed by atoms with Gasteiger partial charge in [-0.3, -0.25) is 0 Å². The van der Waals surface area contributed by atoms with Crippen LogP contribution in [0, 0.1) is 0 Å². The van der Waals surface area contributed by atoms with E-state index in [2.05, 4.69) is 42.5 Å². The summed E-state index contributed by atoms with van der Waals surface area (Å²) in [6.07, 6.45) is 3.92. The number of rotatable bonds is 10. The molecule has 2 aliphatic rings. The predicted molar refractivity (Wildman–Crippen MR) is 143 cm³/mol. The number of hydrogen-bond donors (Lipinski definition) is 0. The van der Waals surface area contributed by atoms with E-state index in [0.29, 0.717) is 33.0 Å². The van der Waals surface area contributed by atoms with E-state index in [4.69, 9.17) is 23.7 Å². The van der Waals surface area contributed by atoms with Crippen LogP contribution in [0.5, 0.6) is 0 Å². The summed E-state index contributed by atoms with van der Waals surface area (Å²) in [5, 5.41) is 0. The van der Waals surface area contributed by atoms with E-state index in [9.17, 15) is 0 Å². The lowest BCUT2D eigenvalue weighted by atomic mass is 9.95. The molecule has 37 heavy (non-hydrogen) atoms. The summed E-state index contributed by atoms with van der Waals surface area (Å²) in [4.78, 5) is 0. The van der Waals surface area contributed by atoms with Crippen LogP contribution in [-0.2, 0) is 43.5 Å². The normalized spacial score (nSPS) is 25.1. The van der Waals surface area contributed by atoms with Gasteiger partial charge in [0.2, 0.25) is 0 Å². The fraction of sp³-hybridized carbons (Fsp3) is 0.375. The Morgan fingerprint density at radius 1 is 0.649 bits per heavy atom. The lowest BCUT2D eigenvalue weighted by molar-refractivity contribution is -0.222.